The van der Waals surface area contributed by atoms with E-state index in [1.165, 1.54) is 0 Å². The molecule has 15 heavy (non-hydrogen) atoms. The van der Waals surface area contributed by atoms with E-state index in [9.17, 15) is 4.79 Å². The minimum Gasteiger partial charge on any atom is -0.377 e. The number of nitrogens with zero attached hydrogens (tertiary/aromatic N) is 1. The van der Waals surface area contributed by atoms with Crippen molar-refractivity contribution in [2.45, 2.75) is 39.8 Å². The highest BCUT2D eigenvalue weighted by molar-refractivity contribution is 5.84. The molecule has 1 saturated heterocycles. The molecule has 0 aromatic heterocycles. The lowest BCUT2D eigenvalue weighted by Crippen LogP contribution is -2.37. The summed E-state index contributed by atoms with van der Waals surface area (Å²) in [5.41, 5.74) is 0. The standard InChI is InChI=1S/C11H22N2O2/c1-5-15-9(4)6-13-7-12-10(8(2)3)11(13)14/h8-10,12H,5-7H2,1-4H3. The van der Waals surface area contributed by atoms with Crippen molar-refractivity contribution >= 4 is 5.91 Å². The van der Waals surface area contributed by atoms with Crippen molar-refractivity contribution in [2.24, 2.45) is 5.92 Å². The first kappa shape index (κ1) is 12.5. The summed E-state index contributed by atoms with van der Waals surface area (Å²) in [6, 6.07) is -0.0150. The van der Waals surface area contributed by atoms with Crippen molar-refractivity contribution in [1.29, 1.82) is 0 Å². The van der Waals surface area contributed by atoms with E-state index in [2.05, 4.69) is 19.2 Å². The van der Waals surface area contributed by atoms with Crippen molar-refractivity contribution in [3.05, 3.63) is 0 Å². The van der Waals surface area contributed by atoms with E-state index < -0.39 is 0 Å². The first-order chi connectivity index (χ1) is 7.06. The number of carbonyl (C=O) groups is 1. The van der Waals surface area contributed by atoms with Gasteiger partial charge in [-0.05, 0) is 19.8 Å². The number of rotatable bonds is 5. The molecule has 1 amide bonds. The van der Waals surface area contributed by atoms with Gasteiger partial charge in [0.2, 0.25) is 5.91 Å². The third kappa shape index (κ3) is 3.18. The second-order valence-corrected chi connectivity index (χ2v) is 4.41. The molecule has 0 bridgehead atoms. The van der Waals surface area contributed by atoms with Crippen LogP contribution in [-0.2, 0) is 9.53 Å². The van der Waals surface area contributed by atoms with Crippen LogP contribution in [0.4, 0.5) is 0 Å². The first-order valence-electron chi connectivity index (χ1n) is 5.70. The maximum absolute atomic E-state index is 11.9. The molecule has 0 aliphatic carbocycles. The molecule has 2 atom stereocenters. The quantitative estimate of drug-likeness (QED) is 0.737. The zero-order valence-electron chi connectivity index (χ0n) is 10.1. The van der Waals surface area contributed by atoms with Gasteiger partial charge < -0.3 is 9.64 Å². The van der Waals surface area contributed by atoms with E-state index in [0.717, 1.165) is 0 Å². The summed E-state index contributed by atoms with van der Waals surface area (Å²) in [6.45, 7) is 10.1. The van der Waals surface area contributed by atoms with Crippen molar-refractivity contribution in [3.63, 3.8) is 0 Å². The summed E-state index contributed by atoms with van der Waals surface area (Å²) in [6.07, 6.45) is 0.117. The summed E-state index contributed by atoms with van der Waals surface area (Å²) >= 11 is 0. The average molecular weight is 214 g/mol. The first-order valence-corrected chi connectivity index (χ1v) is 5.70. The molecule has 0 saturated carbocycles. The highest BCUT2D eigenvalue weighted by Gasteiger charge is 2.33. The molecular formula is C11H22N2O2. The number of ether oxygens (including phenoxy) is 1. The Kier molecular flexibility index (Phi) is 4.54. The number of hydrogen-bond donors (Lipinski definition) is 1. The lowest BCUT2D eigenvalue weighted by atomic mass is 10.1. The molecule has 1 N–H and O–H groups in total. The van der Waals surface area contributed by atoms with Crippen LogP contribution in [0.2, 0.25) is 0 Å². The molecule has 2 unspecified atom stereocenters. The maximum Gasteiger partial charge on any atom is 0.241 e. The minimum absolute atomic E-state index is 0.0150. The number of amides is 1. The van der Waals surface area contributed by atoms with E-state index in [0.29, 0.717) is 25.7 Å². The molecule has 1 aliphatic rings. The predicted molar refractivity (Wildman–Crippen MR) is 59.4 cm³/mol. The van der Waals surface area contributed by atoms with E-state index in [1.807, 2.05) is 18.7 Å². The number of carbonyl (C=O) groups excluding carboxylic acids is 1. The van der Waals surface area contributed by atoms with Gasteiger partial charge in [-0.3, -0.25) is 10.1 Å². The Morgan fingerprint density at radius 2 is 2.20 bits per heavy atom. The maximum atomic E-state index is 11.9. The van der Waals surface area contributed by atoms with Crippen molar-refractivity contribution < 1.29 is 9.53 Å². The van der Waals surface area contributed by atoms with E-state index in [-0.39, 0.29) is 18.1 Å². The molecule has 4 heteroatoms. The van der Waals surface area contributed by atoms with Crippen LogP contribution in [0.5, 0.6) is 0 Å². The van der Waals surface area contributed by atoms with Gasteiger partial charge in [0.05, 0.1) is 18.8 Å². The third-order valence-electron chi connectivity index (χ3n) is 2.68. The van der Waals surface area contributed by atoms with E-state index in [4.69, 9.17) is 4.74 Å². The van der Waals surface area contributed by atoms with Gasteiger partial charge in [0, 0.05) is 13.2 Å². The fourth-order valence-electron chi connectivity index (χ4n) is 1.89. The molecule has 1 aliphatic heterocycles. The second kappa shape index (κ2) is 5.47. The number of nitrogens with one attached hydrogen (secondary N) is 1. The third-order valence-corrected chi connectivity index (χ3v) is 2.68. The van der Waals surface area contributed by atoms with Crippen molar-refractivity contribution in [1.82, 2.24) is 10.2 Å². The summed E-state index contributed by atoms with van der Waals surface area (Å²) in [5.74, 6) is 0.557. The topological polar surface area (TPSA) is 41.6 Å². The van der Waals surface area contributed by atoms with Crippen LogP contribution in [0.15, 0.2) is 0 Å². The van der Waals surface area contributed by atoms with Crippen LogP contribution in [0.25, 0.3) is 0 Å². The Balaban J connectivity index is 2.42. The average Bonchev–Trinajstić information content (AvgIpc) is 2.48. The van der Waals surface area contributed by atoms with Crippen LogP contribution in [-0.4, -0.2) is 42.8 Å². The molecule has 0 aromatic rings. The normalized spacial score (nSPS) is 23.9. The SMILES string of the molecule is CCOC(C)CN1CNC(C(C)C)C1=O. The molecule has 1 rings (SSSR count). The van der Waals surface area contributed by atoms with Gasteiger partial charge in [0.15, 0.2) is 0 Å². The van der Waals surface area contributed by atoms with Crippen LogP contribution in [0, 0.1) is 5.92 Å². The highest BCUT2D eigenvalue weighted by Crippen LogP contribution is 2.12. The fraction of sp³-hybridized carbons (Fsp3) is 0.909. The fourth-order valence-corrected chi connectivity index (χ4v) is 1.89. The molecule has 4 nitrogen and oxygen atoms in total. The summed E-state index contributed by atoms with van der Waals surface area (Å²) in [4.78, 5) is 13.7. The van der Waals surface area contributed by atoms with Crippen molar-refractivity contribution in [2.75, 3.05) is 19.8 Å². The highest BCUT2D eigenvalue weighted by atomic mass is 16.5. The van der Waals surface area contributed by atoms with E-state index >= 15 is 0 Å². The molecule has 0 aromatic carbocycles. The Morgan fingerprint density at radius 1 is 1.53 bits per heavy atom. The van der Waals surface area contributed by atoms with Gasteiger partial charge in [-0.2, -0.15) is 0 Å². The molecular weight excluding hydrogens is 192 g/mol. The lowest BCUT2D eigenvalue weighted by Gasteiger charge is -2.20. The van der Waals surface area contributed by atoms with Gasteiger partial charge in [-0.1, -0.05) is 13.8 Å². The van der Waals surface area contributed by atoms with E-state index in [1.54, 1.807) is 0 Å². The zero-order valence-corrected chi connectivity index (χ0v) is 10.1. The summed E-state index contributed by atoms with van der Waals surface area (Å²) < 4.78 is 5.43. The molecule has 0 spiro atoms. The Hall–Kier alpha value is -0.610. The van der Waals surface area contributed by atoms with Gasteiger partial charge in [-0.25, -0.2) is 0 Å². The number of hydrogen-bond acceptors (Lipinski definition) is 3. The summed E-state index contributed by atoms with van der Waals surface area (Å²) in [5, 5.41) is 3.22. The lowest BCUT2D eigenvalue weighted by molar-refractivity contribution is -0.131. The Bertz CT molecular complexity index is 219. The van der Waals surface area contributed by atoms with Crippen LogP contribution in [0.1, 0.15) is 27.7 Å². The predicted octanol–water partition coefficient (Wildman–Crippen LogP) is 0.825. The zero-order chi connectivity index (χ0) is 11.4. The summed E-state index contributed by atoms with van der Waals surface area (Å²) in [7, 11) is 0. The van der Waals surface area contributed by atoms with Crippen LogP contribution in [0.3, 0.4) is 0 Å². The van der Waals surface area contributed by atoms with Crippen molar-refractivity contribution in [3.8, 4) is 0 Å². The largest absolute Gasteiger partial charge is 0.377 e. The van der Waals surface area contributed by atoms with Crippen LogP contribution >= 0.6 is 0 Å². The smallest absolute Gasteiger partial charge is 0.241 e. The molecule has 0 radical (unpaired) electrons. The molecule has 88 valence electrons. The van der Waals surface area contributed by atoms with Crippen LogP contribution < -0.4 is 5.32 Å². The second-order valence-electron chi connectivity index (χ2n) is 4.41. The minimum atomic E-state index is -0.0150. The monoisotopic (exact) mass is 214 g/mol. The molecule has 1 fully saturated rings. The van der Waals surface area contributed by atoms with Gasteiger partial charge in [-0.15, -0.1) is 0 Å². The Labute approximate surface area is 92.0 Å². The molecule has 1 heterocycles. The van der Waals surface area contributed by atoms with Gasteiger partial charge in [0.25, 0.3) is 0 Å². The van der Waals surface area contributed by atoms with Gasteiger partial charge >= 0.3 is 0 Å². The Morgan fingerprint density at radius 3 is 2.67 bits per heavy atom. The van der Waals surface area contributed by atoms with Gasteiger partial charge in [0.1, 0.15) is 0 Å².